The van der Waals surface area contributed by atoms with E-state index in [1.54, 1.807) is 6.20 Å². The van der Waals surface area contributed by atoms with E-state index < -0.39 is 0 Å². The summed E-state index contributed by atoms with van der Waals surface area (Å²) in [6, 6.07) is 9.87. The van der Waals surface area contributed by atoms with Crippen molar-refractivity contribution in [3.8, 4) is 11.3 Å². The zero-order valence-electron chi connectivity index (χ0n) is 17.9. The number of benzene rings is 1. The largest absolute Gasteiger partial charge is 0.376 e. The van der Waals surface area contributed by atoms with E-state index in [2.05, 4.69) is 26.7 Å². The van der Waals surface area contributed by atoms with Crippen molar-refractivity contribution >= 4 is 5.91 Å². The normalized spacial score (nSPS) is 17.0. The number of fused-ring (bicyclic) bond motifs is 1. The quantitative estimate of drug-likeness (QED) is 0.685. The maximum Gasteiger partial charge on any atom is 0.257 e. The summed E-state index contributed by atoms with van der Waals surface area (Å²) >= 11 is 0. The highest BCUT2D eigenvalue weighted by Crippen LogP contribution is 2.24. The van der Waals surface area contributed by atoms with Crippen molar-refractivity contribution < 1.29 is 9.53 Å². The maximum absolute atomic E-state index is 13.2. The molecule has 5 rings (SSSR count). The maximum atomic E-state index is 13.2. The van der Waals surface area contributed by atoms with Gasteiger partial charge < -0.3 is 9.64 Å². The molecule has 8 heteroatoms. The summed E-state index contributed by atoms with van der Waals surface area (Å²) in [6.45, 7) is 8.33. The van der Waals surface area contributed by atoms with E-state index in [4.69, 9.17) is 9.84 Å². The first-order valence-corrected chi connectivity index (χ1v) is 11.0. The van der Waals surface area contributed by atoms with Gasteiger partial charge in [0.1, 0.15) is 0 Å². The highest BCUT2D eigenvalue weighted by molar-refractivity contribution is 5.99. The third-order valence-electron chi connectivity index (χ3n) is 6.24. The van der Waals surface area contributed by atoms with Crippen LogP contribution in [0.15, 0.2) is 36.5 Å². The van der Waals surface area contributed by atoms with Gasteiger partial charge in [-0.05, 0) is 6.92 Å². The predicted octanol–water partition coefficient (Wildman–Crippen LogP) is 2.32. The number of amides is 1. The number of nitrogens with zero attached hydrogens (tertiary/aromatic N) is 5. The number of H-pyrrole nitrogens is 1. The van der Waals surface area contributed by atoms with Gasteiger partial charge in [0.05, 0.1) is 36.4 Å². The van der Waals surface area contributed by atoms with Crippen molar-refractivity contribution in [1.29, 1.82) is 0 Å². The Morgan fingerprint density at radius 3 is 2.74 bits per heavy atom. The minimum Gasteiger partial charge on any atom is -0.376 e. The van der Waals surface area contributed by atoms with Gasteiger partial charge in [-0.1, -0.05) is 30.3 Å². The third-order valence-corrected chi connectivity index (χ3v) is 6.24. The van der Waals surface area contributed by atoms with Crippen LogP contribution in [0.4, 0.5) is 0 Å². The molecule has 1 fully saturated rings. The summed E-state index contributed by atoms with van der Waals surface area (Å²) in [5.41, 5.74) is 6.10. The molecule has 31 heavy (non-hydrogen) atoms. The number of aromatic amines is 1. The summed E-state index contributed by atoms with van der Waals surface area (Å²) < 4.78 is 7.81. The van der Waals surface area contributed by atoms with Crippen LogP contribution in [0.25, 0.3) is 11.3 Å². The Kier molecular flexibility index (Phi) is 5.57. The molecular formula is C23H28N6O2. The Morgan fingerprint density at radius 1 is 1.16 bits per heavy atom. The zero-order valence-corrected chi connectivity index (χ0v) is 17.9. The van der Waals surface area contributed by atoms with Gasteiger partial charge in [-0.2, -0.15) is 10.2 Å². The summed E-state index contributed by atoms with van der Waals surface area (Å²) in [5, 5.41) is 12.0. The van der Waals surface area contributed by atoms with Crippen LogP contribution in [0.3, 0.4) is 0 Å². The van der Waals surface area contributed by atoms with Gasteiger partial charge in [-0.15, -0.1) is 0 Å². The van der Waals surface area contributed by atoms with Crippen LogP contribution in [0, 0.1) is 0 Å². The van der Waals surface area contributed by atoms with E-state index in [1.165, 1.54) is 11.3 Å². The molecule has 0 atom stereocenters. The molecule has 162 valence electrons. The molecule has 1 N–H and O–H groups in total. The topological polar surface area (TPSA) is 79.3 Å². The first kappa shape index (κ1) is 20.0. The first-order valence-electron chi connectivity index (χ1n) is 11.0. The van der Waals surface area contributed by atoms with Gasteiger partial charge in [0.25, 0.3) is 5.91 Å². The second-order valence-electron chi connectivity index (χ2n) is 8.08. The summed E-state index contributed by atoms with van der Waals surface area (Å²) in [4.78, 5) is 17.5. The average molecular weight is 421 g/mol. The van der Waals surface area contributed by atoms with Crippen molar-refractivity contribution in [3.63, 3.8) is 0 Å². The lowest BCUT2D eigenvalue weighted by molar-refractivity contribution is 0.0625. The minimum atomic E-state index is 0.0355. The molecule has 0 aliphatic carbocycles. The SMILES string of the molecule is CCn1nc(CN2CCN(C(=O)c3cn[nH]c3-c3ccccc3)CC2)c2c1CCOC2. The lowest BCUT2D eigenvalue weighted by Gasteiger charge is -2.34. The van der Waals surface area contributed by atoms with Crippen molar-refractivity contribution in [2.24, 2.45) is 0 Å². The van der Waals surface area contributed by atoms with Gasteiger partial charge in [0.15, 0.2) is 0 Å². The predicted molar refractivity (Wildman–Crippen MR) is 116 cm³/mol. The Hall–Kier alpha value is -2.97. The number of carbonyl (C=O) groups excluding carboxylic acids is 1. The highest BCUT2D eigenvalue weighted by Gasteiger charge is 2.27. The van der Waals surface area contributed by atoms with Crippen LogP contribution in [0.1, 0.15) is 34.2 Å². The van der Waals surface area contributed by atoms with Crippen molar-refractivity contribution in [1.82, 2.24) is 29.8 Å². The molecule has 0 saturated carbocycles. The molecule has 1 aromatic carbocycles. The zero-order chi connectivity index (χ0) is 21.2. The fraction of sp³-hybridized carbons (Fsp3) is 0.435. The Labute approximate surface area is 181 Å². The van der Waals surface area contributed by atoms with Crippen LogP contribution in [0.5, 0.6) is 0 Å². The molecule has 0 spiro atoms. The number of carbonyl (C=O) groups is 1. The fourth-order valence-electron chi connectivity index (χ4n) is 4.53. The second kappa shape index (κ2) is 8.64. The van der Waals surface area contributed by atoms with E-state index in [-0.39, 0.29) is 5.91 Å². The molecule has 0 bridgehead atoms. The highest BCUT2D eigenvalue weighted by atomic mass is 16.5. The number of aryl methyl sites for hydroxylation is 1. The fourth-order valence-corrected chi connectivity index (χ4v) is 4.53. The Morgan fingerprint density at radius 2 is 1.97 bits per heavy atom. The lowest BCUT2D eigenvalue weighted by Crippen LogP contribution is -2.48. The van der Waals surface area contributed by atoms with E-state index >= 15 is 0 Å². The van der Waals surface area contributed by atoms with E-state index in [0.29, 0.717) is 25.3 Å². The lowest BCUT2D eigenvalue weighted by atomic mass is 10.1. The van der Waals surface area contributed by atoms with Crippen LogP contribution in [0.2, 0.25) is 0 Å². The van der Waals surface area contributed by atoms with Gasteiger partial charge >= 0.3 is 0 Å². The second-order valence-corrected chi connectivity index (χ2v) is 8.08. The number of nitrogens with one attached hydrogen (secondary N) is 1. The van der Waals surface area contributed by atoms with Crippen molar-refractivity contribution in [2.45, 2.75) is 33.0 Å². The molecule has 3 aromatic rings. The van der Waals surface area contributed by atoms with Crippen molar-refractivity contribution in [3.05, 3.63) is 59.0 Å². The molecule has 1 saturated heterocycles. The summed E-state index contributed by atoms with van der Waals surface area (Å²) in [7, 11) is 0. The van der Waals surface area contributed by atoms with Crippen LogP contribution in [-0.4, -0.2) is 68.5 Å². The smallest absolute Gasteiger partial charge is 0.257 e. The first-order chi connectivity index (χ1) is 15.2. The molecule has 8 nitrogen and oxygen atoms in total. The molecule has 0 unspecified atom stereocenters. The average Bonchev–Trinajstić information content (AvgIpc) is 3.45. The molecule has 2 aromatic heterocycles. The Bertz CT molecular complexity index is 1050. The minimum absolute atomic E-state index is 0.0355. The van der Waals surface area contributed by atoms with E-state index in [9.17, 15) is 4.79 Å². The molecular weight excluding hydrogens is 392 g/mol. The number of ether oxygens (including phenoxy) is 1. The number of piperazine rings is 1. The van der Waals surface area contributed by atoms with Crippen LogP contribution in [-0.2, 0) is 30.9 Å². The monoisotopic (exact) mass is 420 g/mol. The summed E-state index contributed by atoms with van der Waals surface area (Å²) in [6.07, 6.45) is 2.58. The number of hydrogen-bond donors (Lipinski definition) is 1. The van der Waals surface area contributed by atoms with Gasteiger partial charge in [0, 0.05) is 62.5 Å². The van der Waals surface area contributed by atoms with E-state index in [0.717, 1.165) is 56.2 Å². The van der Waals surface area contributed by atoms with Gasteiger partial charge in [0.2, 0.25) is 0 Å². The number of rotatable bonds is 5. The molecule has 1 amide bonds. The molecule has 2 aliphatic heterocycles. The summed E-state index contributed by atoms with van der Waals surface area (Å²) in [5.74, 6) is 0.0355. The Balaban J connectivity index is 1.24. The van der Waals surface area contributed by atoms with Crippen LogP contribution < -0.4 is 0 Å². The van der Waals surface area contributed by atoms with E-state index in [1.807, 2.05) is 35.2 Å². The standard InChI is InChI=1S/C23H28N6O2/c1-2-29-21-8-13-31-16-19(21)20(26-29)15-27-9-11-28(12-10-27)23(30)18-14-24-25-22(18)17-6-4-3-5-7-17/h3-7,14H,2,8-13,15-16H2,1H3,(H,24,25). The number of hydrogen-bond acceptors (Lipinski definition) is 5. The third kappa shape index (κ3) is 3.88. The van der Waals surface area contributed by atoms with Crippen molar-refractivity contribution in [2.75, 3.05) is 32.8 Å². The number of aromatic nitrogens is 4. The molecule has 4 heterocycles. The van der Waals surface area contributed by atoms with Crippen LogP contribution >= 0.6 is 0 Å². The van der Waals surface area contributed by atoms with Gasteiger partial charge in [-0.25, -0.2) is 0 Å². The molecule has 0 radical (unpaired) electrons. The van der Waals surface area contributed by atoms with Gasteiger partial charge in [-0.3, -0.25) is 19.5 Å². The molecule has 2 aliphatic rings.